The molecule has 1 heterocycles. The smallest absolute Gasteiger partial charge is 0.410 e. The minimum absolute atomic E-state index is 0.220. The number of amides is 1. The van der Waals surface area contributed by atoms with Gasteiger partial charge in [-0.25, -0.2) is 4.79 Å². The van der Waals surface area contributed by atoms with E-state index in [-0.39, 0.29) is 12.1 Å². The van der Waals surface area contributed by atoms with Gasteiger partial charge < -0.3 is 10.5 Å². The van der Waals surface area contributed by atoms with Gasteiger partial charge in [0.25, 0.3) is 0 Å². The Morgan fingerprint density at radius 2 is 1.84 bits per heavy atom. The molecule has 0 bridgehead atoms. The first-order valence-corrected chi connectivity index (χ1v) is 8.96. The van der Waals surface area contributed by atoms with Crippen LogP contribution in [-0.4, -0.2) is 47.2 Å². The zero-order valence-corrected chi connectivity index (χ0v) is 16.3. The standard InChI is InChI=1S/C18H27N3O2.C2H6/c1-14(19)16-13-20(12-15-8-6-5-7-9-15)10-11-21(16)17(22)23-18(2,3)4;1-2/h5-9,16H,1,10-13,19H2,2-4H3;1-2H3/t16-;/m0./s1. The van der Waals surface area contributed by atoms with Gasteiger partial charge in [-0.05, 0) is 26.3 Å². The summed E-state index contributed by atoms with van der Waals surface area (Å²) in [5, 5.41) is 0. The fourth-order valence-corrected chi connectivity index (χ4v) is 2.68. The number of carbonyl (C=O) groups excluding carboxylic acids is 1. The molecular formula is C20H33N3O2. The first-order chi connectivity index (χ1) is 11.8. The van der Waals surface area contributed by atoms with E-state index in [9.17, 15) is 4.79 Å². The topological polar surface area (TPSA) is 58.8 Å². The highest BCUT2D eigenvalue weighted by Crippen LogP contribution is 2.19. The summed E-state index contributed by atoms with van der Waals surface area (Å²) in [6, 6.07) is 10.1. The number of hydrogen-bond donors (Lipinski definition) is 1. The highest BCUT2D eigenvalue weighted by Gasteiger charge is 2.34. The van der Waals surface area contributed by atoms with Gasteiger partial charge in [0.2, 0.25) is 0 Å². The van der Waals surface area contributed by atoms with Crippen molar-refractivity contribution in [2.45, 2.75) is 52.8 Å². The predicted octanol–water partition coefficient (Wildman–Crippen LogP) is 3.61. The number of piperazine rings is 1. The van der Waals surface area contributed by atoms with Crippen LogP contribution >= 0.6 is 0 Å². The molecule has 0 saturated carbocycles. The normalized spacial score (nSPS) is 18.1. The number of nitrogens with zero attached hydrogens (tertiary/aromatic N) is 2. The first kappa shape index (κ1) is 21.0. The molecule has 1 aromatic rings. The maximum atomic E-state index is 12.4. The van der Waals surface area contributed by atoms with Crippen LogP contribution in [0.5, 0.6) is 0 Å². The molecule has 1 aromatic carbocycles. The fraction of sp³-hybridized carbons (Fsp3) is 0.550. The molecule has 0 radical (unpaired) electrons. The molecule has 1 aliphatic rings. The Morgan fingerprint density at radius 3 is 2.36 bits per heavy atom. The molecule has 1 amide bonds. The Hall–Kier alpha value is -2.01. The van der Waals surface area contributed by atoms with Crippen LogP contribution in [0.3, 0.4) is 0 Å². The second kappa shape index (κ2) is 9.47. The largest absolute Gasteiger partial charge is 0.444 e. The number of carbonyl (C=O) groups is 1. The number of ether oxygens (including phenoxy) is 1. The van der Waals surface area contributed by atoms with Crippen molar-refractivity contribution >= 4 is 6.09 Å². The van der Waals surface area contributed by atoms with Crippen molar-refractivity contribution in [3.05, 3.63) is 48.2 Å². The molecule has 2 rings (SSSR count). The van der Waals surface area contributed by atoms with Crippen molar-refractivity contribution in [2.75, 3.05) is 19.6 Å². The zero-order chi connectivity index (χ0) is 19.0. The number of hydrogen-bond acceptors (Lipinski definition) is 4. The summed E-state index contributed by atoms with van der Waals surface area (Å²) in [4.78, 5) is 16.4. The lowest BCUT2D eigenvalue weighted by molar-refractivity contribution is 0.00288. The van der Waals surface area contributed by atoms with Gasteiger partial charge in [0.15, 0.2) is 0 Å². The van der Waals surface area contributed by atoms with E-state index < -0.39 is 5.60 Å². The molecule has 1 saturated heterocycles. The predicted molar refractivity (Wildman–Crippen MR) is 103 cm³/mol. The molecule has 0 aromatic heterocycles. The van der Waals surface area contributed by atoms with E-state index >= 15 is 0 Å². The molecule has 0 spiro atoms. The third-order valence-electron chi connectivity index (χ3n) is 3.77. The Bertz CT molecular complexity index is 552. The number of nitrogens with two attached hydrogens (primary N) is 1. The summed E-state index contributed by atoms with van der Waals surface area (Å²) in [6.07, 6.45) is -0.325. The molecule has 0 unspecified atom stereocenters. The lowest BCUT2D eigenvalue weighted by Crippen LogP contribution is -2.57. The van der Waals surface area contributed by atoms with E-state index in [1.165, 1.54) is 5.56 Å². The Labute approximate surface area is 152 Å². The average molecular weight is 348 g/mol. The van der Waals surface area contributed by atoms with E-state index in [1.807, 2.05) is 52.8 Å². The molecule has 5 nitrogen and oxygen atoms in total. The van der Waals surface area contributed by atoms with E-state index in [4.69, 9.17) is 10.5 Å². The van der Waals surface area contributed by atoms with Gasteiger partial charge in [0.05, 0.1) is 6.04 Å². The SMILES string of the molecule is C=C(N)[C@@H]1CN(Cc2ccccc2)CCN1C(=O)OC(C)(C)C.CC. The summed E-state index contributed by atoms with van der Waals surface area (Å²) in [5.41, 5.74) is 7.17. The van der Waals surface area contributed by atoms with Crippen LogP contribution in [0.15, 0.2) is 42.6 Å². The second-order valence-corrected chi connectivity index (χ2v) is 6.99. The molecule has 1 fully saturated rings. The summed E-state index contributed by atoms with van der Waals surface area (Å²) < 4.78 is 5.48. The molecule has 0 aliphatic carbocycles. The maximum absolute atomic E-state index is 12.4. The van der Waals surface area contributed by atoms with Crippen molar-refractivity contribution in [1.29, 1.82) is 0 Å². The Kier molecular flexibility index (Phi) is 7.97. The first-order valence-electron chi connectivity index (χ1n) is 8.96. The van der Waals surface area contributed by atoms with Crippen LogP contribution in [-0.2, 0) is 11.3 Å². The van der Waals surface area contributed by atoms with E-state index in [0.717, 1.165) is 13.1 Å². The molecule has 25 heavy (non-hydrogen) atoms. The third-order valence-corrected chi connectivity index (χ3v) is 3.77. The number of benzene rings is 1. The lowest BCUT2D eigenvalue weighted by atomic mass is 10.1. The molecule has 1 aliphatic heterocycles. The maximum Gasteiger partial charge on any atom is 0.410 e. The van der Waals surface area contributed by atoms with E-state index in [0.29, 0.717) is 18.8 Å². The monoisotopic (exact) mass is 347 g/mol. The van der Waals surface area contributed by atoms with Gasteiger partial charge in [-0.2, -0.15) is 0 Å². The molecule has 140 valence electrons. The molecule has 1 atom stereocenters. The van der Waals surface area contributed by atoms with Crippen molar-refractivity contribution in [1.82, 2.24) is 9.80 Å². The molecule has 5 heteroatoms. The summed E-state index contributed by atoms with van der Waals surface area (Å²) in [7, 11) is 0. The average Bonchev–Trinajstić information content (AvgIpc) is 2.56. The van der Waals surface area contributed by atoms with Gasteiger partial charge >= 0.3 is 6.09 Å². The van der Waals surface area contributed by atoms with Crippen LogP contribution in [0.25, 0.3) is 0 Å². The summed E-state index contributed by atoms with van der Waals surface area (Å²) in [5.74, 6) is 0. The highest BCUT2D eigenvalue weighted by molar-refractivity contribution is 5.69. The van der Waals surface area contributed by atoms with Gasteiger partial charge in [0.1, 0.15) is 5.60 Å². The molecule has 2 N–H and O–H groups in total. The van der Waals surface area contributed by atoms with Crippen molar-refractivity contribution < 1.29 is 9.53 Å². The van der Waals surface area contributed by atoms with Gasteiger partial charge in [-0.3, -0.25) is 9.80 Å². The fourth-order valence-electron chi connectivity index (χ4n) is 2.68. The highest BCUT2D eigenvalue weighted by atomic mass is 16.6. The zero-order valence-electron chi connectivity index (χ0n) is 16.3. The van der Waals surface area contributed by atoms with Crippen molar-refractivity contribution in [3.8, 4) is 0 Å². The summed E-state index contributed by atoms with van der Waals surface area (Å²) >= 11 is 0. The van der Waals surface area contributed by atoms with Crippen molar-refractivity contribution in [2.24, 2.45) is 5.73 Å². The minimum Gasteiger partial charge on any atom is -0.444 e. The second-order valence-electron chi connectivity index (χ2n) is 6.99. The van der Waals surface area contributed by atoms with E-state index in [1.54, 1.807) is 4.90 Å². The van der Waals surface area contributed by atoms with Crippen LogP contribution in [0, 0.1) is 0 Å². The molecular weight excluding hydrogens is 314 g/mol. The van der Waals surface area contributed by atoms with Crippen LogP contribution in [0.2, 0.25) is 0 Å². The Balaban J connectivity index is 0.00000151. The van der Waals surface area contributed by atoms with Crippen LogP contribution < -0.4 is 5.73 Å². The van der Waals surface area contributed by atoms with Gasteiger partial charge in [0, 0.05) is 31.9 Å². The van der Waals surface area contributed by atoms with Crippen LogP contribution in [0.1, 0.15) is 40.2 Å². The van der Waals surface area contributed by atoms with Crippen molar-refractivity contribution in [3.63, 3.8) is 0 Å². The lowest BCUT2D eigenvalue weighted by Gasteiger charge is -2.41. The quantitative estimate of drug-likeness (QED) is 0.907. The van der Waals surface area contributed by atoms with Gasteiger partial charge in [-0.1, -0.05) is 50.8 Å². The van der Waals surface area contributed by atoms with Gasteiger partial charge in [-0.15, -0.1) is 0 Å². The summed E-state index contributed by atoms with van der Waals surface area (Å²) in [6.45, 7) is 16.3. The third kappa shape index (κ3) is 6.78. The number of rotatable bonds is 3. The van der Waals surface area contributed by atoms with E-state index in [2.05, 4.69) is 23.6 Å². The van der Waals surface area contributed by atoms with Crippen LogP contribution in [0.4, 0.5) is 4.79 Å². The Morgan fingerprint density at radius 1 is 1.24 bits per heavy atom. The minimum atomic E-state index is -0.515.